The Morgan fingerprint density at radius 2 is 1.88 bits per heavy atom. The molecule has 126 valence electrons. The average Bonchev–Trinajstić information content (AvgIpc) is 2.59. The third kappa shape index (κ3) is 5.31. The maximum absolute atomic E-state index is 11.8. The minimum absolute atomic E-state index is 0.193. The molecule has 0 unspecified atom stereocenters. The molecule has 0 aliphatic rings. The highest BCUT2D eigenvalue weighted by Gasteiger charge is 2.15. The van der Waals surface area contributed by atoms with Crippen molar-refractivity contribution in [2.75, 3.05) is 24.7 Å². The quantitative estimate of drug-likeness (QED) is 0.358. The van der Waals surface area contributed by atoms with Gasteiger partial charge in [-0.2, -0.15) is 0 Å². The largest absolute Gasteiger partial charge is 0.465 e. The van der Waals surface area contributed by atoms with Gasteiger partial charge in [0.15, 0.2) is 0 Å². The van der Waals surface area contributed by atoms with Crippen LogP contribution in [-0.2, 0) is 9.53 Å². The number of hydrogen-bond acceptors (Lipinski definition) is 6. The van der Waals surface area contributed by atoms with E-state index in [1.165, 1.54) is 18.9 Å². The highest BCUT2D eigenvalue weighted by atomic mass is 32.2. The monoisotopic (exact) mass is 345 g/mol. The molecule has 0 radical (unpaired) electrons. The third-order valence-corrected chi connectivity index (χ3v) is 4.10. The molecular weight excluding hydrogens is 326 g/mol. The van der Waals surface area contributed by atoms with E-state index in [2.05, 4.69) is 17.4 Å². The van der Waals surface area contributed by atoms with Crippen molar-refractivity contribution in [1.29, 1.82) is 0 Å². The van der Waals surface area contributed by atoms with Crippen LogP contribution in [0.15, 0.2) is 53.4 Å². The number of benzene rings is 2. The highest BCUT2D eigenvalue weighted by Crippen LogP contribution is 2.24. The van der Waals surface area contributed by atoms with Crippen molar-refractivity contribution in [3.05, 3.63) is 54.1 Å². The molecule has 0 bridgehead atoms. The molecule has 2 rings (SSSR count). The molecule has 0 saturated heterocycles. The van der Waals surface area contributed by atoms with Crippen molar-refractivity contribution in [3.8, 4) is 5.75 Å². The van der Waals surface area contributed by atoms with E-state index >= 15 is 0 Å². The lowest BCUT2D eigenvalue weighted by Crippen LogP contribution is -2.10. The smallest absolute Gasteiger partial charge is 0.341 e. The Morgan fingerprint density at radius 1 is 1.12 bits per heavy atom. The van der Waals surface area contributed by atoms with Crippen LogP contribution in [-0.4, -0.2) is 31.3 Å². The van der Waals surface area contributed by atoms with Crippen molar-refractivity contribution in [1.82, 2.24) is 0 Å². The number of thioether (sulfide) groups is 1. The van der Waals surface area contributed by atoms with E-state index in [1.54, 1.807) is 30.0 Å². The van der Waals surface area contributed by atoms with Gasteiger partial charge in [-0.1, -0.05) is 18.2 Å². The predicted molar refractivity (Wildman–Crippen MR) is 94.7 cm³/mol. The van der Waals surface area contributed by atoms with Crippen LogP contribution in [0.4, 0.5) is 5.69 Å². The van der Waals surface area contributed by atoms with Crippen molar-refractivity contribution in [2.24, 2.45) is 0 Å². The van der Waals surface area contributed by atoms with E-state index in [9.17, 15) is 9.59 Å². The molecule has 0 saturated carbocycles. The lowest BCUT2D eigenvalue weighted by Gasteiger charge is -2.11. The number of carbonyl (C=O) groups excluding carboxylic acids is 2. The zero-order valence-corrected chi connectivity index (χ0v) is 14.4. The van der Waals surface area contributed by atoms with Crippen LogP contribution in [0.5, 0.6) is 5.75 Å². The minimum atomic E-state index is -0.548. The second-order valence-electron chi connectivity index (χ2n) is 4.88. The Labute approximate surface area is 145 Å². The van der Waals surface area contributed by atoms with Gasteiger partial charge in [0.2, 0.25) is 0 Å². The Balaban J connectivity index is 1.97. The molecule has 1 N–H and O–H groups in total. The maximum Gasteiger partial charge on any atom is 0.341 e. The fourth-order valence-corrected chi connectivity index (χ4v) is 2.82. The molecule has 2 aromatic carbocycles. The van der Waals surface area contributed by atoms with E-state index < -0.39 is 11.9 Å². The number of anilines is 1. The van der Waals surface area contributed by atoms with E-state index in [0.29, 0.717) is 0 Å². The molecular formula is C18H19NO4S. The summed E-state index contributed by atoms with van der Waals surface area (Å²) in [5.74, 6) is 0.0377. The molecule has 5 nitrogen and oxygen atoms in total. The summed E-state index contributed by atoms with van der Waals surface area (Å²) in [5, 5.41) is 3.25. The number of hydrogen-bond donors (Lipinski definition) is 1. The number of methoxy groups -OCH3 is 1. The zero-order chi connectivity index (χ0) is 17.4. The first-order valence-electron chi connectivity index (χ1n) is 7.42. The lowest BCUT2D eigenvalue weighted by molar-refractivity contribution is -0.131. The van der Waals surface area contributed by atoms with E-state index in [0.717, 1.165) is 18.0 Å². The number of esters is 2. The van der Waals surface area contributed by atoms with Gasteiger partial charge in [-0.15, -0.1) is 11.8 Å². The van der Waals surface area contributed by atoms with Gasteiger partial charge >= 0.3 is 11.9 Å². The van der Waals surface area contributed by atoms with E-state index in [4.69, 9.17) is 9.47 Å². The molecule has 24 heavy (non-hydrogen) atoms. The summed E-state index contributed by atoms with van der Waals surface area (Å²) >= 11 is 1.74. The zero-order valence-electron chi connectivity index (χ0n) is 13.6. The Bertz CT molecular complexity index is 703. The Kier molecular flexibility index (Phi) is 6.69. The molecule has 0 heterocycles. The maximum atomic E-state index is 11.8. The first-order chi connectivity index (χ1) is 11.6. The SMILES string of the molecule is COC(=O)c1cc(NCCSc2ccccc2)ccc1OC(C)=O. The predicted octanol–water partition coefficient (Wildman–Crippen LogP) is 3.60. The fourth-order valence-electron chi connectivity index (χ4n) is 2.03. The molecule has 0 fully saturated rings. The summed E-state index contributed by atoms with van der Waals surface area (Å²) in [4.78, 5) is 24.2. The molecule has 0 aromatic heterocycles. The Morgan fingerprint density at radius 3 is 2.54 bits per heavy atom. The fraction of sp³-hybridized carbons (Fsp3) is 0.222. The first-order valence-corrected chi connectivity index (χ1v) is 8.41. The second-order valence-corrected chi connectivity index (χ2v) is 6.05. The van der Waals surface area contributed by atoms with Crippen molar-refractivity contribution < 1.29 is 19.1 Å². The topological polar surface area (TPSA) is 64.6 Å². The highest BCUT2D eigenvalue weighted by molar-refractivity contribution is 7.99. The molecule has 0 amide bonds. The summed E-state index contributed by atoms with van der Waals surface area (Å²) in [6.45, 7) is 2.01. The molecule has 0 spiro atoms. The van der Waals surface area contributed by atoms with Crippen LogP contribution >= 0.6 is 11.8 Å². The van der Waals surface area contributed by atoms with E-state index in [1.807, 2.05) is 18.2 Å². The van der Waals surface area contributed by atoms with Crippen molar-refractivity contribution >= 4 is 29.4 Å². The number of nitrogens with one attached hydrogen (secondary N) is 1. The van der Waals surface area contributed by atoms with Gasteiger partial charge in [-0.05, 0) is 30.3 Å². The lowest BCUT2D eigenvalue weighted by atomic mass is 10.1. The second kappa shape index (κ2) is 8.98. The van der Waals surface area contributed by atoms with Crippen molar-refractivity contribution in [3.63, 3.8) is 0 Å². The van der Waals surface area contributed by atoms with Crippen LogP contribution in [0.25, 0.3) is 0 Å². The van der Waals surface area contributed by atoms with Crippen LogP contribution < -0.4 is 10.1 Å². The van der Waals surface area contributed by atoms with Crippen LogP contribution in [0.1, 0.15) is 17.3 Å². The van der Waals surface area contributed by atoms with Gasteiger partial charge in [-0.3, -0.25) is 4.79 Å². The number of carbonyl (C=O) groups is 2. The van der Waals surface area contributed by atoms with E-state index in [-0.39, 0.29) is 11.3 Å². The molecule has 0 atom stereocenters. The minimum Gasteiger partial charge on any atom is -0.465 e. The standard InChI is InChI=1S/C18H19NO4S/c1-13(20)23-17-9-8-14(12-16(17)18(21)22-2)19-10-11-24-15-6-4-3-5-7-15/h3-9,12,19H,10-11H2,1-2H3. The van der Waals surface area contributed by atoms with Crippen LogP contribution in [0.2, 0.25) is 0 Å². The Hall–Kier alpha value is -2.47. The van der Waals surface area contributed by atoms with Crippen LogP contribution in [0.3, 0.4) is 0 Å². The van der Waals surface area contributed by atoms with Gasteiger partial charge in [0.05, 0.1) is 7.11 Å². The number of rotatable bonds is 7. The normalized spacial score (nSPS) is 10.1. The van der Waals surface area contributed by atoms with Gasteiger partial charge in [0.25, 0.3) is 0 Å². The summed E-state index contributed by atoms with van der Waals surface area (Å²) < 4.78 is 9.77. The van der Waals surface area contributed by atoms with Crippen LogP contribution in [0, 0.1) is 0 Å². The van der Waals surface area contributed by atoms with Gasteiger partial charge in [0.1, 0.15) is 11.3 Å². The van der Waals surface area contributed by atoms with Gasteiger partial charge in [0, 0.05) is 29.8 Å². The summed E-state index contributed by atoms with van der Waals surface area (Å²) in [7, 11) is 1.29. The summed E-state index contributed by atoms with van der Waals surface area (Å²) in [6, 6.07) is 15.1. The molecule has 0 aliphatic heterocycles. The molecule has 2 aromatic rings. The average molecular weight is 345 g/mol. The summed E-state index contributed by atoms with van der Waals surface area (Å²) in [6.07, 6.45) is 0. The van der Waals surface area contributed by atoms with Gasteiger partial charge < -0.3 is 14.8 Å². The summed E-state index contributed by atoms with van der Waals surface area (Å²) in [5.41, 5.74) is 0.980. The first kappa shape index (κ1) is 17.9. The number of ether oxygens (including phenoxy) is 2. The van der Waals surface area contributed by atoms with Crippen molar-refractivity contribution in [2.45, 2.75) is 11.8 Å². The third-order valence-electron chi connectivity index (χ3n) is 3.08. The molecule has 0 aliphatic carbocycles. The molecule has 6 heteroatoms. The van der Waals surface area contributed by atoms with Gasteiger partial charge in [-0.25, -0.2) is 4.79 Å².